The Balaban J connectivity index is 0.000000134. The van der Waals surface area contributed by atoms with Gasteiger partial charge in [0.25, 0.3) is 0 Å². The van der Waals surface area contributed by atoms with Gasteiger partial charge in [-0.25, -0.2) is 78.3 Å². The van der Waals surface area contributed by atoms with Crippen molar-refractivity contribution < 1.29 is 57.4 Å². The number of rotatable bonds is 21. The number of H-pyrrole nitrogens is 2. The SMILES string of the molecule is COc1cc2[nH]ncc2cc1Nc1cc(NS(=O)(=O)C2CC2)ncn1.COc1cc2[nH]ncc2cc1Nc1cc(NS(=O)(=O)C2CC2)ncn1.COc1cc2c(cnn2C(=O)OC(C)(C)C)cc1Nc1cc(NS(=O)(=O)C2CC2)ncn1.Nc1cc(NS(=O)(=O)C2CC2)ncn1. The van der Waals surface area contributed by atoms with E-state index in [1.807, 2.05) is 24.3 Å². The second-order valence-electron chi connectivity index (χ2n) is 23.1. The van der Waals surface area contributed by atoms with Gasteiger partial charge in [0.2, 0.25) is 40.1 Å². The van der Waals surface area contributed by atoms with Crippen LogP contribution in [0.3, 0.4) is 0 Å². The minimum absolute atomic E-state index is 0.173. The Hall–Kier alpha value is -10.5. The molecule has 10 aromatic rings. The number of anilines is 11. The number of carbonyl (C=O) groups excluding carboxylic acids is 1. The van der Waals surface area contributed by atoms with E-state index in [9.17, 15) is 38.5 Å². The van der Waals surface area contributed by atoms with Gasteiger partial charge in [0, 0.05) is 58.6 Å². The maximum absolute atomic E-state index is 12.5. The number of carbonyl (C=O) groups is 1. The molecule has 7 heterocycles. The molecule has 0 saturated heterocycles. The number of ether oxygens (including phenoxy) is 4. The van der Waals surface area contributed by atoms with Crippen LogP contribution in [0.15, 0.2) is 105 Å². The van der Waals surface area contributed by atoms with E-state index < -0.39 is 51.8 Å². The zero-order valence-corrected chi connectivity index (χ0v) is 55.4. The van der Waals surface area contributed by atoms with Crippen LogP contribution in [0.2, 0.25) is 0 Å². The first-order chi connectivity index (χ1) is 45.7. The highest BCUT2D eigenvalue weighted by Crippen LogP contribution is 2.37. The van der Waals surface area contributed by atoms with Gasteiger partial charge in [-0.3, -0.25) is 29.1 Å². The number of nitrogens with zero attached hydrogens (tertiary/aromatic N) is 12. The lowest BCUT2D eigenvalue weighted by molar-refractivity contribution is 0.0522. The number of hydrogen-bond donors (Lipinski definition) is 10. The van der Waals surface area contributed by atoms with E-state index in [1.54, 1.807) is 77.8 Å². The normalized spacial score (nSPS) is 14.7. The number of hydrogen-bond acceptors (Lipinski definition) is 28. The molecule has 4 saturated carbocycles. The van der Waals surface area contributed by atoms with Gasteiger partial charge in [-0.05, 0) is 90.3 Å². The topological polar surface area (TPSA) is 479 Å². The number of fused-ring (bicyclic) bond motifs is 3. The fraction of sp³-hybridized carbons (Fsp3) is 0.333. The fourth-order valence-electron chi connectivity index (χ4n) is 8.96. The zero-order chi connectivity index (χ0) is 68.2. The average molecular weight is 1400 g/mol. The molecule has 0 amide bonds. The molecule has 4 aliphatic carbocycles. The Labute approximate surface area is 549 Å². The summed E-state index contributed by atoms with van der Waals surface area (Å²) in [5.41, 5.74) is 8.87. The Bertz CT molecular complexity index is 4810. The summed E-state index contributed by atoms with van der Waals surface area (Å²) < 4.78 is 128. The van der Waals surface area contributed by atoms with Crippen molar-refractivity contribution in [3.8, 4) is 17.2 Å². The Kier molecular flexibility index (Phi) is 19.1. The van der Waals surface area contributed by atoms with Crippen molar-refractivity contribution in [1.82, 2.24) is 70.0 Å². The third kappa shape index (κ3) is 17.2. The quantitative estimate of drug-likeness (QED) is 0.0338. The lowest BCUT2D eigenvalue weighted by Crippen LogP contribution is -2.27. The van der Waals surface area contributed by atoms with E-state index in [2.05, 4.69) is 100 Å². The molecule has 0 unspecified atom stereocenters. The first kappa shape index (κ1) is 66.9. The molecule has 14 rings (SSSR count). The summed E-state index contributed by atoms with van der Waals surface area (Å²) in [6.07, 6.45) is 14.9. The smallest absolute Gasteiger partial charge is 0.435 e. The first-order valence-corrected chi connectivity index (χ1v) is 35.6. The van der Waals surface area contributed by atoms with Crippen molar-refractivity contribution in [2.75, 3.05) is 61.9 Å². The molecular weight excluding hydrogens is 1330 g/mol. The summed E-state index contributed by atoms with van der Waals surface area (Å²) in [6, 6.07) is 16.8. The largest absolute Gasteiger partial charge is 0.494 e. The second-order valence-corrected chi connectivity index (χ2v) is 31.0. The van der Waals surface area contributed by atoms with Gasteiger partial charge < -0.3 is 40.6 Å². The molecule has 506 valence electrons. The number of nitrogens with two attached hydrogens (primary N) is 1. The van der Waals surface area contributed by atoms with Gasteiger partial charge in [0.15, 0.2) is 0 Å². The van der Waals surface area contributed by atoms with Crippen LogP contribution >= 0.6 is 0 Å². The Morgan fingerprint density at radius 2 is 0.792 bits per heavy atom. The van der Waals surface area contributed by atoms with Crippen molar-refractivity contribution in [2.45, 2.75) is 98.7 Å². The summed E-state index contributed by atoms with van der Waals surface area (Å²) in [6.45, 7) is 5.33. The molecular formula is C57H66N22O13S4. The lowest BCUT2D eigenvalue weighted by atomic mass is 10.2. The van der Waals surface area contributed by atoms with Gasteiger partial charge in [-0.15, -0.1) is 0 Å². The van der Waals surface area contributed by atoms with Crippen molar-refractivity contribution in [1.29, 1.82) is 0 Å². The van der Waals surface area contributed by atoms with Crippen LogP contribution in [0.4, 0.5) is 68.4 Å². The van der Waals surface area contributed by atoms with Crippen molar-refractivity contribution in [3.05, 3.63) is 105 Å². The third-order valence-electron chi connectivity index (χ3n) is 14.3. The molecule has 0 aliphatic heterocycles. The zero-order valence-electron chi connectivity index (χ0n) is 52.2. The number of aromatic nitrogens is 14. The van der Waals surface area contributed by atoms with E-state index in [0.29, 0.717) is 101 Å². The standard InChI is InChI=1S/C20H24N6O5S.2C15H16N6O3S.C7H10N4O2S/c1-20(2,3)31-19(27)26-15-8-16(30-4)14(7-12(15)10-23-26)24-17-9-18(22-11-21-17)25-32(28,29)13-5-6-13;2*1-24-13-5-11-9(7-18-20-11)4-12(13)19-14-6-15(17-8-16-14)21-25(22,23)10-2-3-10;8-6-3-7(10-4-9-6)11-14(12,13)5-1-2-5/h7-11,13H,5-6H2,1-4H3,(H2,21,22,24,25);2*4-8,10H,2-3H2,1H3,(H,18,20)(H2,16,17,19,21);3-5H,1-2H2,(H3,8,9,10,11). The van der Waals surface area contributed by atoms with Crippen molar-refractivity contribution in [2.24, 2.45) is 0 Å². The van der Waals surface area contributed by atoms with Gasteiger partial charge in [-0.2, -0.15) is 20.0 Å². The molecule has 35 nitrogen and oxygen atoms in total. The van der Waals surface area contributed by atoms with Crippen molar-refractivity contribution in [3.63, 3.8) is 0 Å². The summed E-state index contributed by atoms with van der Waals surface area (Å²) in [5, 5.41) is 28.4. The third-order valence-corrected chi connectivity index (χ3v) is 21.7. The average Bonchev–Trinajstić information content (AvgIpc) is 1.14. The van der Waals surface area contributed by atoms with Crippen LogP contribution in [0.25, 0.3) is 32.7 Å². The number of nitrogen functional groups attached to an aromatic ring is 1. The van der Waals surface area contributed by atoms with Crippen LogP contribution in [0, 0.1) is 0 Å². The Morgan fingerprint density at radius 1 is 0.458 bits per heavy atom. The maximum Gasteiger partial charge on any atom is 0.435 e. The van der Waals surface area contributed by atoms with E-state index in [1.165, 1.54) is 49.2 Å². The molecule has 3 aromatic carbocycles. The summed E-state index contributed by atoms with van der Waals surface area (Å²) in [5.74, 6) is 4.01. The molecule has 0 radical (unpaired) electrons. The molecule has 0 atom stereocenters. The maximum atomic E-state index is 12.5. The molecule has 96 heavy (non-hydrogen) atoms. The molecule has 0 bridgehead atoms. The van der Waals surface area contributed by atoms with Crippen LogP contribution in [-0.2, 0) is 44.8 Å². The van der Waals surface area contributed by atoms with Gasteiger partial charge in [0.1, 0.15) is 94.7 Å². The number of aromatic amines is 2. The van der Waals surface area contributed by atoms with Gasteiger partial charge in [-0.1, -0.05) is 0 Å². The van der Waals surface area contributed by atoms with E-state index in [0.717, 1.165) is 34.6 Å². The summed E-state index contributed by atoms with van der Waals surface area (Å²) in [7, 11) is -8.80. The summed E-state index contributed by atoms with van der Waals surface area (Å²) in [4.78, 5) is 44.2. The molecule has 4 fully saturated rings. The van der Waals surface area contributed by atoms with E-state index in [-0.39, 0.29) is 50.1 Å². The minimum Gasteiger partial charge on any atom is -0.494 e. The van der Waals surface area contributed by atoms with Crippen LogP contribution in [0.5, 0.6) is 17.2 Å². The van der Waals surface area contributed by atoms with E-state index >= 15 is 0 Å². The molecule has 4 aliphatic rings. The molecule has 7 aromatic heterocycles. The predicted molar refractivity (Wildman–Crippen MR) is 358 cm³/mol. The molecule has 0 spiro atoms. The van der Waals surface area contributed by atoms with E-state index in [4.69, 9.17) is 24.7 Å². The minimum atomic E-state index is -3.44. The lowest BCUT2D eigenvalue weighted by Gasteiger charge is -2.19. The highest BCUT2D eigenvalue weighted by molar-refractivity contribution is 7.94. The van der Waals surface area contributed by atoms with Gasteiger partial charge >= 0.3 is 6.09 Å². The number of benzene rings is 3. The summed E-state index contributed by atoms with van der Waals surface area (Å²) >= 11 is 0. The number of nitrogens with one attached hydrogen (secondary N) is 9. The highest BCUT2D eigenvalue weighted by atomic mass is 32.2. The Morgan fingerprint density at radius 3 is 1.14 bits per heavy atom. The molecule has 39 heteroatoms. The van der Waals surface area contributed by atoms with Gasteiger partial charge in [0.05, 0.1) is 94.5 Å². The van der Waals surface area contributed by atoms with Crippen LogP contribution in [-0.4, -0.2) is 158 Å². The second kappa shape index (κ2) is 27.4. The number of sulfonamides is 4. The molecule has 11 N–H and O–H groups in total. The highest BCUT2D eigenvalue weighted by Gasteiger charge is 2.39. The number of methoxy groups -OCH3 is 3. The fourth-order valence-corrected chi connectivity index (χ4v) is 14.3. The van der Waals surface area contributed by atoms with Crippen molar-refractivity contribution >= 4 is 143 Å². The monoisotopic (exact) mass is 1390 g/mol. The van der Waals surface area contributed by atoms with Crippen LogP contribution in [0.1, 0.15) is 72.1 Å². The first-order valence-electron chi connectivity index (χ1n) is 29.5. The van der Waals surface area contributed by atoms with Crippen LogP contribution < -0.4 is 54.8 Å². The predicted octanol–water partition coefficient (Wildman–Crippen LogP) is 7.25.